The van der Waals surface area contributed by atoms with E-state index in [4.69, 9.17) is 0 Å². The van der Waals surface area contributed by atoms with E-state index in [1.165, 1.54) is 5.57 Å². The lowest BCUT2D eigenvalue weighted by Crippen LogP contribution is -2.18. The fraction of sp³-hybridized carbons (Fsp3) is 0.500. The van der Waals surface area contributed by atoms with E-state index in [0.717, 1.165) is 52.6 Å². The number of rotatable bonds is 5. The van der Waals surface area contributed by atoms with Gasteiger partial charge in [-0.3, -0.25) is 0 Å². The molecule has 2 N–H and O–H groups in total. The molecule has 1 aliphatic carbocycles. The molecule has 0 radical (unpaired) electrons. The minimum absolute atomic E-state index is 0.0239. The molecule has 2 aromatic carbocycles. The van der Waals surface area contributed by atoms with Gasteiger partial charge >= 0.3 is 0 Å². The van der Waals surface area contributed by atoms with Crippen LogP contribution in [0.2, 0.25) is 0 Å². The Morgan fingerprint density at radius 2 is 1.17 bits per heavy atom. The van der Waals surface area contributed by atoms with Gasteiger partial charge in [0.15, 0.2) is 0 Å². The number of allylic oxidation sites excluding steroid dienone is 2. The lowest BCUT2D eigenvalue weighted by Gasteiger charge is -2.33. The molecule has 162 valence electrons. The Morgan fingerprint density at radius 1 is 0.733 bits per heavy atom. The monoisotopic (exact) mass is 406 g/mol. The molecule has 0 aliphatic heterocycles. The lowest BCUT2D eigenvalue weighted by molar-refractivity contribution is 0.383. The number of hydrogen-bond acceptors (Lipinski definition) is 2. The van der Waals surface area contributed by atoms with Crippen molar-refractivity contribution in [3.63, 3.8) is 0 Å². The highest BCUT2D eigenvalue weighted by Crippen LogP contribution is 2.49. The highest BCUT2D eigenvalue weighted by Gasteiger charge is 2.32. The van der Waals surface area contributed by atoms with Gasteiger partial charge in [-0.2, -0.15) is 0 Å². The number of aromatic hydroxyl groups is 2. The van der Waals surface area contributed by atoms with Crippen LogP contribution in [0.25, 0.3) is 0 Å². The van der Waals surface area contributed by atoms with Crippen molar-refractivity contribution in [2.75, 3.05) is 0 Å². The van der Waals surface area contributed by atoms with E-state index in [1.807, 2.05) is 0 Å². The second-order valence-electron chi connectivity index (χ2n) is 9.96. The zero-order valence-electron chi connectivity index (χ0n) is 19.7. The number of phenolic OH excluding ortho intramolecular Hbond substituents is 2. The summed E-state index contributed by atoms with van der Waals surface area (Å²) >= 11 is 0. The van der Waals surface area contributed by atoms with E-state index in [1.54, 1.807) is 0 Å². The average Bonchev–Trinajstić information content (AvgIpc) is 2.67. The van der Waals surface area contributed by atoms with Gasteiger partial charge in [0.1, 0.15) is 11.5 Å². The first-order valence-electron chi connectivity index (χ1n) is 11.4. The SMILES string of the molecule is CC1=CCC(C(c2cc(C)cc(C(C)C)c2O)c2cc(C)cc(C(C)C)c2O)CC1. The Morgan fingerprint density at radius 3 is 1.53 bits per heavy atom. The van der Waals surface area contributed by atoms with E-state index in [9.17, 15) is 10.2 Å². The Kier molecular flexibility index (Phi) is 6.65. The van der Waals surface area contributed by atoms with Crippen molar-refractivity contribution in [1.82, 2.24) is 0 Å². The first-order valence-corrected chi connectivity index (χ1v) is 11.4. The molecule has 3 rings (SSSR count). The van der Waals surface area contributed by atoms with Crippen LogP contribution in [0.5, 0.6) is 11.5 Å². The topological polar surface area (TPSA) is 40.5 Å². The fourth-order valence-electron chi connectivity index (χ4n) is 4.99. The molecular weight excluding hydrogens is 368 g/mol. The third-order valence-electron chi connectivity index (χ3n) is 6.69. The standard InChI is InChI=1S/C28H38O2/c1-16(2)22-12-19(6)14-24(27(22)29)26(21-10-8-18(5)9-11-21)25-15-20(7)13-23(17(3)4)28(25)30/h8,12-17,21,26,29-30H,9-11H2,1-7H3. The minimum Gasteiger partial charge on any atom is -0.507 e. The van der Waals surface area contributed by atoms with Gasteiger partial charge in [0.05, 0.1) is 0 Å². The second kappa shape index (κ2) is 8.88. The molecule has 2 heteroatoms. The van der Waals surface area contributed by atoms with Crippen LogP contribution in [0.1, 0.15) is 105 Å². The third-order valence-corrected chi connectivity index (χ3v) is 6.69. The van der Waals surface area contributed by atoms with Gasteiger partial charge in [0, 0.05) is 17.0 Å². The maximum absolute atomic E-state index is 11.3. The Bertz CT molecular complexity index is 886. The van der Waals surface area contributed by atoms with Gasteiger partial charge in [-0.05, 0) is 68.9 Å². The fourth-order valence-corrected chi connectivity index (χ4v) is 4.99. The molecule has 30 heavy (non-hydrogen) atoms. The largest absolute Gasteiger partial charge is 0.507 e. The highest BCUT2D eigenvalue weighted by molar-refractivity contribution is 5.55. The molecule has 1 unspecified atom stereocenters. The molecule has 0 spiro atoms. The number of phenols is 2. The van der Waals surface area contributed by atoms with Crippen molar-refractivity contribution in [1.29, 1.82) is 0 Å². The molecule has 0 aromatic heterocycles. The smallest absolute Gasteiger partial charge is 0.122 e. The summed E-state index contributed by atoms with van der Waals surface area (Å²) in [5, 5.41) is 22.7. The summed E-state index contributed by atoms with van der Waals surface area (Å²) in [6.07, 6.45) is 5.47. The Balaban J connectivity index is 2.27. The predicted molar refractivity (Wildman–Crippen MR) is 127 cm³/mol. The van der Waals surface area contributed by atoms with Crippen LogP contribution < -0.4 is 0 Å². The van der Waals surface area contributed by atoms with Crippen molar-refractivity contribution in [3.8, 4) is 11.5 Å². The maximum atomic E-state index is 11.3. The van der Waals surface area contributed by atoms with Crippen molar-refractivity contribution < 1.29 is 10.2 Å². The maximum Gasteiger partial charge on any atom is 0.122 e. The Hall–Kier alpha value is -2.22. The summed E-state index contributed by atoms with van der Waals surface area (Å²) < 4.78 is 0. The quantitative estimate of drug-likeness (QED) is 0.496. The van der Waals surface area contributed by atoms with Crippen LogP contribution in [-0.4, -0.2) is 10.2 Å². The van der Waals surface area contributed by atoms with Gasteiger partial charge in [0.2, 0.25) is 0 Å². The molecule has 0 fully saturated rings. The van der Waals surface area contributed by atoms with E-state index in [2.05, 4.69) is 78.8 Å². The summed E-state index contributed by atoms with van der Waals surface area (Å²) in [5.74, 6) is 1.63. The molecule has 0 saturated carbocycles. The summed E-state index contributed by atoms with van der Waals surface area (Å²) in [7, 11) is 0. The molecule has 0 saturated heterocycles. The molecule has 1 atom stereocenters. The zero-order chi connectivity index (χ0) is 22.2. The van der Waals surface area contributed by atoms with E-state index in [0.29, 0.717) is 17.4 Å². The van der Waals surface area contributed by atoms with Gasteiger partial charge in [-0.25, -0.2) is 0 Å². The molecular formula is C28H38O2. The minimum atomic E-state index is -0.0239. The van der Waals surface area contributed by atoms with E-state index < -0.39 is 0 Å². The van der Waals surface area contributed by atoms with Crippen LogP contribution in [0.15, 0.2) is 35.9 Å². The molecule has 0 amide bonds. The molecule has 2 aromatic rings. The van der Waals surface area contributed by atoms with Crippen molar-refractivity contribution in [2.24, 2.45) is 5.92 Å². The number of aryl methyl sites for hydroxylation is 2. The lowest BCUT2D eigenvalue weighted by atomic mass is 9.72. The van der Waals surface area contributed by atoms with Crippen LogP contribution in [0.3, 0.4) is 0 Å². The number of hydrogen-bond donors (Lipinski definition) is 2. The zero-order valence-corrected chi connectivity index (χ0v) is 19.7. The molecule has 1 aliphatic rings. The number of benzene rings is 2. The third kappa shape index (κ3) is 4.43. The van der Waals surface area contributed by atoms with Crippen molar-refractivity contribution >= 4 is 0 Å². The van der Waals surface area contributed by atoms with Gasteiger partial charge in [-0.15, -0.1) is 0 Å². The highest BCUT2D eigenvalue weighted by atomic mass is 16.3. The summed E-state index contributed by atoms with van der Waals surface area (Å²) in [5.41, 5.74) is 7.69. The summed E-state index contributed by atoms with van der Waals surface area (Å²) in [4.78, 5) is 0. The molecule has 2 nitrogen and oxygen atoms in total. The second-order valence-corrected chi connectivity index (χ2v) is 9.96. The van der Waals surface area contributed by atoms with Gasteiger partial charge < -0.3 is 10.2 Å². The average molecular weight is 407 g/mol. The molecule has 0 bridgehead atoms. The normalized spacial score (nSPS) is 17.1. The molecule has 0 heterocycles. The van der Waals surface area contributed by atoms with Gasteiger partial charge in [-0.1, -0.05) is 74.7 Å². The van der Waals surface area contributed by atoms with Crippen LogP contribution in [0.4, 0.5) is 0 Å². The first kappa shape index (κ1) is 22.5. The van der Waals surface area contributed by atoms with Crippen molar-refractivity contribution in [3.05, 3.63) is 69.3 Å². The predicted octanol–water partition coefficient (Wildman–Crippen LogP) is 7.84. The summed E-state index contributed by atoms with van der Waals surface area (Å²) in [6.45, 7) is 14.9. The van der Waals surface area contributed by atoms with Crippen LogP contribution in [0, 0.1) is 19.8 Å². The first-order chi connectivity index (χ1) is 14.1. The van der Waals surface area contributed by atoms with Crippen LogP contribution in [-0.2, 0) is 0 Å². The van der Waals surface area contributed by atoms with E-state index >= 15 is 0 Å². The van der Waals surface area contributed by atoms with Crippen LogP contribution >= 0.6 is 0 Å². The van der Waals surface area contributed by atoms with E-state index in [-0.39, 0.29) is 17.8 Å². The van der Waals surface area contributed by atoms with Crippen molar-refractivity contribution in [2.45, 2.75) is 85.5 Å². The Labute approximate surface area is 182 Å². The summed E-state index contributed by atoms with van der Waals surface area (Å²) in [6, 6.07) is 8.46. The van der Waals surface area contributed by atoms with Gasteiger partial charge in [0.25, 0.3) is 0 Å².